The SMILES string of the molecule is O=c1cc(C(F)(F)F)c2cc(-c3cc4ccccc4c(=O)o3)c(O)cc2o1. The van der Waals surface area contributed by atoms with E-state index in [0.717, 1.165) is 12.1 Å². The van der Waals surface area contributed by atoms with Crippen molar-refractivity contribution in [2.24, 2.45) is 0 Å². The summed E-state index contributed by atoms with van der Waals surface area (Å²) in [5.74, 6) is -0.610. The largest absolute Gasteiger partial charge is 0.507 e. The van der Waals surface area contributed by atoms with Crippen LogP contribution in [0.4, 0.5) is 13.2 Å². The third kappa shape index (κ3) is 2.84. The minimum absolute atomic E-state index is 0.113. The smallest absolute Gasteiger partial charge is 0.417 e. The monoisotopic (exact) mass is 374 g/mol. The zero-order valence-corrected chi connectivity index (χ0v) is 13.3. The van der Waals surface area contributed by atoms with Crippen molar-refractivity contribution in [3.8, 4) is 17.1 Å². The highest BCUT2D eigenvalue weighted by Gasteiger charge is 2.34. The summed E-state index contributed by atoms with van der Waals surface area (Å²) < 4.78 is 49.8. The van der Waals surface area contributed by atoms with Gasteiger partial charge in [0, 0.05) is 17.5 Å². The minimum atomic E-state index is -4.81. The molecule has 2 heterocycles. The van der Waals surface area contributed by atoms with E-state index < -0.39 is 39.7 Å². The average molecular weight is 374 g/mol. The quantitative estimate of drug-likeness (QED) is 0.503. The van der Waals surface area contributed by atoms with Crippen LogP contribution >= 0.6 is 0 Å². The van der Waals surface area contributed by atoms with Crippen molar-refractivity contribution in [3.05, 3.63) is 74.9 Å². The molecule has 8 heteroatoms. The molecular weight excluding hydrogens is 365 g/mol. The Bertz CT molecular complexity index is 1320. The lowest BCUT2D eigenvalue weighted by Gasteiger charge is -2.11. The molecule has 0 amide bonds. The van der Waals surface area contributed by atoms with Gasteiger partial charge in [0.15, 0.2) is 0 Å². The van der Waals surface area contributed by atoms with Crippen molar-refractivity contribution in [2.45, 2.75) is 6.18 Å². The Morgan fingerprint density at radius 1 is 0.889 bits per heavy atom. The van der Waals surface area contributed by atoms with Gasteiger partial charge in [-0.05, 0) is 23.6 Å². The first-order valence-electron chi connectivity index (χ1n) is 7.65. The molecule has 4 rings (SSSR count). The van der Waals surface area contributed by atoms with Crippen LogP contribution in [0.25, 0.3) is 33.1 Å². The number of alkyl halides is 3. The highest BCUT2D eigenvalue weighted by Crippen LogP contribution is 2.39. The molecule has 5 nitrogen and oxygen atoms in total. The van der Waals surface area contributed by atoms with Crippen LogP contribution in [-0.4, -0.2) is 5.11 Å². The molecule has 0 unspecified atom stereocenters. The summed E-state index contributed by atoms with van der Waals surface area (Å²) in [6.07, 6.45) is -4.81. The molecule has 1 N–H and O–H groups in total. The molecular formula is C19H9F3O5. The lowest BCUT2D eigenvalue weighted by Crippen LogP contribution is -2.11. The number of benzene rings is 2. The van der Waals surface area contributed by atoms with Crippen LogP contribution in [0.5, 0.6) is 5.75 Å². The molecule has 0 fully saturated rings. The first kappa shape index (κ1) is 16.9. The van der Waals surface area contributed by atoms with E-state index >= 15 is 0 Å². The van der Waals surface area contributed by atoms with Crippen LogP contribution in [0.2, 0.25) is 0 Å². The fourth-order valence-electron chi connectivity index (χ4n) is 2.90. The summed E-state index contributed by atoms with van der Waals surface area (Å²) in [5, 5.41) is 10.6. The molecule has 27 heavy (non-hydrogen) atoms. The van der Waals surface area contributed by atoms with Crippen LogP contribution in [0.15, 0.2) is 67.0 Å². The normalized spacial score (nSPS) is 12.0. The maximum atomic E-state index is 13.3. The molecule has 2 aromatic heterocycles. The van der Waals surface area contributed by atoms with Gasteiger partial charge in [-0.25, -0.2) is 9.59 Å². The van der Waals surface area contributed by atoms with E-state index in [4.69, 9.17) is 8.83 Å². The Balaban J connectivity index is 2.06. The second-order valence-corrected chi connectivity index (χ2v) is 5.83. The Kier molecular flexibility index (Phi) is 3.59. The number of phenolic OH excluding ortho intramolecular Hbond substituents is 1. The van der Waals surface area contributed by atoms with Crippen LogP contribution in [0, 0.1) is 0 Å². The molecule has 0 bridgehead atoms. The molecule has 2 aromatic carbocycles. The van der Waals surface area contributed by atoms with Gasteiger partial charge in [0.1, 0.15) is 17.1 Å². The lowest BCUT2D eigenvalue weighted by molar-refractivity contribution is -0.136. The third-order valence-corrected chi connectivity index (χ3v) is 4.10. The maximum absolute atomic E-state index is 13.3. The van der Waals surface area contributed by atoms with Crippen molar-refractivity contribution in [2.75, 3.05) is 0 Å². The summed E-state index contributed by atoms with van der Waals surface area (Å²) in [6, 6.07) is 10.1. The first-order valence-corrected chi connectivity index (χ1v) is 7.65. The average Bonchev–Trinajstić information content (AvgIpc) is 2.59. The van der Waals surface area contributed by atoms with Crippen LogP contribution in [0.1, 0.15) is 5.56 Å². The standard InChI is InChI=1S/C19H9F3O5/c20-19(21,22)13-7-17(24)26-16-8-14(23)12(6-11(13)16)15-5-9-3-1-2-4-10(9)18(25)27-15/h1-8,23H. The molecule has 0 radical (unpaired) electrons. The number of rotatable bonds is 1. The van der Waals surface area contributed by atoms with Crippen molar-refractivity contribution in [1.29, 1.82) is 0 Å². The summed E-state index contributed by atoms with van der Waals surface area (Å²) in [7, 11) is 0. The summed E-state index contributed by atoms with van der Waals surface area (Å²) in [6.45, 7) is 0. The van der Waals surface area contributed by atoms with Crippen LogP contribution < -0.4 is 11.3 Å². The van der Waals surface area contributed by atoms with E-state index in [2.05, 4.69) is 0 Å². The van der Waals surface area contributed by atoms with Gasteiger partial charge in [-0.15, -0.1) is 0 Å². The molecule has 0 aliphatic rings. The van der Waals surface area contributed by atoms with Crippen LogP contribution in [-0.2, 0) is 6.18 Å². The van der Waals surface area contributed by atoms with Crippen molar-refractivity contribution < 1.29 is 27.1 Å². The highest BCUT2D eigenvalue weighted by molar-refractivity contribution is 5.90. The number of hydrogen-bond acceptors (Lipinski definition) is 5. The second kappa shape index (κ2) is 5.73. The number of halogens is 3. The first-order chi connectivity index (χ1) is 12.7. The maximum Gasteiger partial charge on any atom is 0.417 e. The van der Waals surface area contributed by atoms with E-state index in [0.29, 0.717) is 16.8 Å². The Morgan fingerprint density at radius 2 is 1.63 bits per heavy atom. The third-order valence-electron chi connectivity index (χ3n) is 4.10. The molecule has 0 aliphatic carbocycles. The molecule has 0 saturated heterocycles. The lowest BCUT2D eigenvalue weighted by atomic mass is 10.0. The van der Waals surface area contributed by atoms with E-state index in [1.807, 2.05) is 0 Å². The number of aromatic hydroxyl groups is 1. The highest BCUT2D eigenvalue weighted by atomic mass is 19.4. The zero-order valence-electron chi connectivity index (χ0n) is 13.3. The van der Waals surface area contributed by atoms with E-state index in [9.17, 15) is 27.9 Å². The van der Waals surface area contributed by atoms with Gasteiger partial charge < -0.3 is 13.9 Å². The van der Waals surface area contributed by atoms with Gasteiger partial charge in [-0.2, -0.15) is 13.2 Å². The molecule has 0 spiro atoms. The molecule has 0 saturated carbocycles. The summed E-state index contributed by atoms with van der Waals surface area (Å²) in [4.78, 5) is 23.5. The zero-order chi connectivity index (χ0) is 19.3. The fraction of sp³-hybridized carbons (Fsp3) is 0.0526. The number of phenols is 1. The van der Waals surface area contributed by atoms with Gasteiger partial charge in [0.05, 0.1) is 16.5 Å². The molecule has 136 valence electrons. The van der Waals surface area contributed by atoms with Gasteiger partial charge in [0.25, 0.3) is 0 Å². The van der Waals surface area contributed by atoms with E-state index in [-0.39, 0.29) is 11.3 Å². The minimum Gasteiger partial charge on any atom is -0.507 e. The Labute approximate surface area is 147 Å². The van der Waals surface area contributed by atoms with Crippen molar-refractivity contribution >= 4 is 21.7 Å². The van der Waals surface area contributed by atoms with Crippen LogP contribution in [0.3, 0.4) is 0 Å². The van der Waals surface area contributed by atoms with Gasteiger partial charge in [-0.1, -0.05) is 18.2 Å². The summed E-state index contributed by atoms with van der Waals surface area (Å²) >= 11 is 0. The Hall–Kier alpha value is -3.55. The summed E-state index contributed by atoms with van der Waals surface area (Å²) in [5.41, 5.74) is -3.67. The molecule has 4 aromatic rings. The van der Waals surface area contributed by atoms with Gasteiger partial charge in [-0.3, -0.25) is 0 Å². The molecule has 0 aliphatic heterocycles. The van der Waals surface area contributed by atoms with Gasteiger partial charge in [0.2, 0.25) is 0 Å². The molecule has 0 atom stereocenters. The van der Waals surface area contributed by atoms with E-state index in [1.54, 1.807) is 24.3 Å². The van der Waals surface area contributed by atoms with Gasteiger partial charge >= 0.3 is 17.4 Å². The Morgan fingerprint density at radius 3 is 2.37 bits per heavy atom. The topological polar surface area (TPSA) is 80.7 Å². The second-order valence-electron chi connectivity index (χ2n) is 5.83. The number of hydrogen-bond donors (Lipinski definition) is 1. The van der Waals surface area contributed by atoms with E-state index in [1.165, 1.54) is 6.07 Å². The fourth-order valence-corrected chi connectivity index (χ4v) is 2.90. The number of fused-ring (bicyclic) bond motifs is 2. The van der Waals surface area contributed by atoms with Crippen molar-refractivity contribution in [3.63, 3.8) is 0 Å². The predicted octanol–water partition coefficient (Wildman–Crippen LogP) is 4.29. The predicted molar refractivity (Wildman–Crippen MR) is 90.6 cm³/mol. The van der Waals surface area contributed by atoms with Crippen molar-refractivity contribution in [1.82, 2.24) is 0 Å².